The zero-order valence-electron chi connectivity index (χ0n) is 18.1. The molecule has 0 saturated carbocycles. The van der Waals surface area contributed by atoms with Crippen LogP contribution < -0.4 is 10.9 Å². The van der Waals surface area contributed by atoms with E-state index in [1.165, 1.54) is 16.9 Å². The molecule has 0 spiro atoms. The van der Waals surface area contributed by atoms with Crippen LogP contribution in [0.3, 0.4) is 0 Å². The summed E-state index contributed by atoms with van der Waals surface area (Å²) in [4.78, 5) is 31.5. The van der Waals surface area contributed by atoms with Crippen LogP contribution in [0.4, 0.5) is 5.69 Å². The molecule has 4 rings (SSSR count). The molecule has 0 aliphatic heterocycles. The number of benzene rings is 2. The maximum absolute atomic E-state index is 13.2. The number of aryl methyl sites for hydroxylation is 1. The van der Waals surface area contributed by atoms with Gasteiger partial charge in [-0.2, -0.15) is 0 Å². The van der Waals surface area contributed by atoms with E-state index in [0.717, 1.165) is 5.56 Å². The summed E-state index contributed by atoms with van der Waals surface area (Å²) in [5, 5.41) is 3.40. The molecule has 0 unspecified atom stereocenters. The molecule has 4 aromatic rings. The number of carbonyl (C=O) groups is 1. The summed E-state index contributed by atoms with van der Waals surface area (Å²) in [6, 6.07) is 17.6. The second-order valence-electron chi connectivity index (χ2n) is 8.68. The first-order valence-electron chi connectivity index (χ1n) is 10.2. The van der Waals surface area contributed by atoms with Crippen LogP contribution in [0, 0.1) is 6.92 Å². The lowest BCUT2D eigenvalue weighted by Gasteiger charge is -2.19. The van der Waals surface area contributed by atoms with Gasteiger partial charge >= 0.3 is 0 Å². The highest BCUT2D eigenvalue weighted by Gasteiger charge is 2.20. The van der Waals surface area contributed by atoms with E-state index < -0.39 is 0 Å². The molecule has 0 aliphatic rings. The van der Waals surface area contributed by atoms with E-state index >= 15 is 0 Å². The van der Waals surface area contributed by atoms with Gasteiger partial charge in [-0.25, -0.2) is 4.98 Å². The van der Waals surface area contributed by atoms with Crippen LogP contribution in [0.15, 0.2) is 65.7 Å². The number of carbonyl (C=O) groups excluding carboxylic acids is 1. The Morgan fingerprint density at radius 3 is 2.39 bits per heavy atom. The van der Waals surface area contributed by atoms with Gasteiger partial charge in [-0.15, -0.1) is 11.3 Å². The average Bonchev–Trinajstić information content (AvgIpc) is 3.08. The summed E-state index contributed by atoms with van der Waals surface area (Å²) in [6.45, 7) is 8.77. The molecule has 158 valence electrons. The van der Waals surface area contributed by atoms with E-state index in [1.807, 2.05) is 37.3 Å². The molecule has 0 radical (unpaired) electrons. The molecule has 0 aliphatic carbocycles. The zero-order valence-corrected chi connectivity index (χ0v) is 18.9. The van der Waals surface area contributed by atoms with Crippen molar-refractivity contribution in [3.63, 3.8) is 0 Å². The van der Waals surface area contributed by atoms with Gasteiger partial charge in [-0.3, -0.25) is 14.2 Å². The second-order valence-corrected chi connectivity index (χ2v) is 9.68. The highest BCUT2D eigenvalue weighted by atomic mass is 32.1. The molecular formula is C25H25N3O2S. The van der Waals surface area contributed by atoms with Gasteiger partial charge in [0.25, 0.3) is 11.5 Å². The van der Waals surface area contributed by atoms with Gasteiger partial charge in [-0.05, 0) is 41.2 Å². The Labute approximate surface area is 185 Å². The maximum Gasteiger partial charge on any atom is 0.266 e. The molecule has 31 heavy (non-hydrogen) atoms. The lowest BCUT2D eigenvalue weighted by molar-refractivity contribution is 0.103. The number of amides is 1. The molecule has 1 amide bonds. The fraction of sp³-hybridized carbons (Fsp3) is 0.240. The third-order valence-corrected chi connectivity index (χ3v) is 6.53. The number of rotatable bonds is 4. The Balaban J connectivity index is 1.64. The molecular weight excluding hydrogens is 406 g/mol. The maximum atomic E-state index is 13.2. The molecule has 2 aromatic heterocycles. The van der Waals surface area contributed by atoms with Crippen molar-refractivity contribution in [3.8, 4) is 0 Å². The van der Waals surface area contributed by atoms with Gasteiger partial charge in [0.1, 0.15) is 4.83 Å². The fourth-order valence-corrected chi connectivity index (χ4v) is 4.54. The smallest absolute Gasteiger partial charge is 0.266 e. The van der Waals surface area contributed by atoms with Gasteiger partial charge in [0, 0.05) is 5.69 Å². The van der Waals surface area contributed by atoms with Crippen molar-refractivity contribution >= 4 is 33.1 Å². The van der Waals surface area contributed by atoms with Crippen LogP contribution >= 0.6 is 11.3 Å². The molecule has 2 aromatic carbocycles. The minimum Gasteiger partial charge on any atom is -0.321 e. The number of nitrogens with zero attached hydrogens (tertiary/aromatic N) is 2. The van der Waals surface area contributed by atoms with Gasteiger partial charge < -0.3 is 5.32 Å². The normalized spacial score (nSPS) is 11.6. The topological polar surface area (TPSA) is 64.0 Å². The van der Waals surface area contributed by atoms with E-state index in [-0.39, 0.29) is 16.9 Å². The first kappa shape index (κ1) is 21.0. The van der Waals surface area contributed by atoms with Crippen LogP contribution in [0.1, 0.15) is 47.1 Å². The average molecular weight is 432 g/mol. The molecule has 1 N–H and O–H groups in total. The van der Waals surface area contributed by atoms with Gasteiger partial charge in [-0.1, -0.05) is 63.2 Å². The number of aromatic nitrogens is 2. The summed E-state index contributed by atoms with van der Waals surface area (Å²) in [7, 11) is 0. The Hall–Kier alpha value is -3.25. The zero-order chi connectivity index (χ0) is 22.2. The van der Waals surface area contributed by atoms with Crippen molar-refractivity contribution in [1.29, 1.82) is 0 Å². The van der Waals surface area contributed by atoms with Gasteiger partial charge in [0.2, 0.25) is 0 Å². The summed E-state index contributed by atoms with van der Waals surface area (Å²) in [5.41, 5.74) is 3.63. The first-order valence-corrected chi connectivity index (χ1v) is 11.0. The lowest BCUT2D eigenvalue weighted by atomic mass is 9.87. The van der Waals surface area contributed by atoms with Crippen LogP contribution in [-0.2, 0) is 12.0 Å². The third kappa shape index (κ3) is 4.30. The predicted molar refractivity (Wildman–Crippen MR) is 127 cm³/mol. The number of hydrogen-bond acceptors (Lipinski definition) is 4. The van der Waals surface area contributed by atoms with Gasteiger partial charge in [0.05, 0.1) is 23.1 Å². The molecule has 6 heteroatoms. The SMILES string of the molecule is Cc1c(C(=O)Nc2ccccc2)sc2ncn(Cc3ccc(C(C)(C)C)cc3)c(=O)c12. The largest absolute Gasteiger partial charge is 0.321 e. The van der Waals surface area contributed by atoms with E-state index in [4.69, 9.17) is 0 Å². The van der Waals surface area contributed by atoms with E-state index in [1.54, 1.807) is 10.9 Å². The van der Waals surface area contributed by atoms with Crippen LogP contribution in [0.5, 0.6) is 0 Å². The van der Waals surface area contributed by atoms with Crippen LogP contribution in [0.2, 0.25) is 0 Å². The quantitative estimate of drug-likeness (QED) is 0.473. The molecule has 5 nitrogen and oxygen atoms in total. The number of fused-ring (bicyclic) bond motifs is 1. The summed E-state index contributed by atoms with van der Waals surface area (Å²) < 4.78 is 1.60. The highest BCUT2D eigenvalue weighted by Crippen LogP contribution is 2.28. The van der Waals surface area contributed by atoms with Crippen molar-refractivity contribution < 1.29 is 4.79 Å². The van der Waals surface area contributed by atoms with Crippen LogP contribution in [-0.4, -0.2) is 15.5 Å². The number of nitrogens with one attached hydrogen (secondary N) is 1. The van der Waals surface area contributed by atoms with E-state index in [2.05, 4.69) is 55.3 Å². The minimum atomic E-state index is -0.226. The summed E-state index contributed by atoms with van der Waals surface area (Å²) in [5.74, 6) is -0.226. The Bertz CT molecular complexity index is 1300. The monoisotopic (exact) mass is 431 g/mol. The van der Waals surface area contributed by atoms with E-state index in [9.17, 15) is 9.59 Å². The minimum absolute atomic E-state index is 0.0837. The van der Waals surface area contributed by atoms with Crippen molar-refractivity contribution in [2.75, 3.05) is 5.32 Å². The number of hydrogen-bond donors (Lipinski definition) is 1. The van der Waals surface area contributed by atoms with Crippen molar-refractivity contribution in [2.45, 2.75) is 39.7 Å². The predicted octanol–water partition coefficient (Wildman–Crippen LogP) is 5.36. The second kappa shape index (κ2) is 8.12. The van der Waals surface area contributed by atoms with Crippen LogP contribution in [0.25, 0.3) is 10.2 Å². The third-order valence-electron chi connectivity index (χ3n) is 5.33. The van der Waals surface area contributed by atoms with E-state index in [0.29, 0.717) is 32.9 Å². The molecule has 0 atom stereocenters. The Morgan fingerprint density at radius 1 is 1.06 bits per heavy atom. The molecule has 2 heterocycles. The van der Waals surface area contributed by atoms with Crippen molar-refractivity contribution in [1.82, 2.24) is 9.55 Å². The standard InChI is InChI=1S/C25H25N3O2S/c1-16-20-23(31-21(16)22(29)27-19-8-6-5-7-9-19)26-15-28(24(20)30)14-17-10-12-18(13-11-17)25(2,3)4/h5-13,15H,14H2,1-4H3,(H,27,29). The Morgan fingerprint density at radius 2 is 1.74 bits per heavy atom. The molecule has 0 saturated heterocycles. The number of thiophene rings is 1. The lowest BCUT2D eigenvalue weighted by Crippen LogP contribution is -2.21. The molecule has 0 bridgehead atoms. The fourth-order valence-electron chi connectivity index (χ4n) is 3.50. The first-order chi connectivity index (χ1) is 14.7. The summed E-state index contributed by atoms with van der Waals surface area (Å²) >= 11 is 1.25. The van der Waals surface area contributed by atoms with Gasteiger partial charge in [0.15, 0.2) is 0 Å². The van der Waals surface area contributed by atoms with Crippen molar-refractivity contribution in [3.05, 3.63) is 92.8 Å². The molecule has 0 fully saturated rings. The number of para-hydroxylation sites is 1. The Kier molecular flexibility index (Phi) is 5.50. The number of anilines is 1. The summed E-state index contributed by atoms with van der Waals surface area (Å²) in [6.07, 6.45) is 1.57. The highest BCUT2D eigenvalue weighted by molar-refractivity contribution is 7.20. The van der Waals surface area contributed by atoms with Crippen molar-refractivity contribution in [2.24, 2.45) is 0 Å².